The van der Waals surface area contributed by atoms with Crippen molar-refractivity contribution in [3.63, 3.8) is 0 Å². The highest BCUT2D eigenvalue weighted by Gasteiger charge is 2.53. The first-order chi connectivity index (χ1) is 9.98. The number of benzene rings is 1. The lowest BCUT2D eigenvalue weighted by Crippen LogP contribution is -2.60. The summed E-state index contributed by atoms with van der Waals surface area (Å²) in [6, 6.07) is 8.58. The molecule has 0 amide bonds. The molecule has 1 aromatic carbocycles. The van der Waals surface area contributed by atoms with E-state index < -0.39 is 5.60 Å². The monoisotopic (exact) mass is 289 g/mol. The van der Waals surface area contributed by atoms with Crippen LogP contribution in [0, 0.1) is 5.41 Å². The van der Waals surface area contributed by atoms with E-state index in [9.17, 15) is 5.11 Å². The molecule has 2 aliphatic rings. The van der Waals surface area contributed by atoms with Gasteiger partial charge < -0.3 is 15.6 Å². The minimum atomic E-state index is -0.716. The highest BCUT2D eigenvalue weighted by Crippen LogP contribution is 2.49. The normalized spacial score (nSPS) is 39.8. The molecule has 3 atom stereocenters. The van der Waals surface area contributed by atoms with Crippen molar-refractivity contribution in [1.82, 2.24) is 0 Å². The zero-order chi connectivity index (χ0) is 15.1. The van der Waals surface area contributed by atoms with Gasteiger partial charge in [0.2, 0.25) is 0 Å². The van der Waals surface area contributed by atoms with E-state index in [2.05, 4.69) is 38.1 Å². The second kappa shape index (κ2) is 5.38. The second-order valence-electron chi connectivity index (χ2n) is 7.13. The summed E-state index contributed by atoms with van der Waals surface area (Å²) in [4.78, 5) is 0. The number of ether oxygens (including phenoxy) is 1. The van der Waals surface area contributed by atoms with Crippen LogP contribution in [0.4, 0.5) is 0 Å². The number of hydrogen-bond acceptors (Lipinski definition) is 3. The number of hydrogen-bond donors (Lipinski definition) is 2. The molecular formula is C18H27NO2. The van der Waals surface area contributed by atoms with Crippen molar-refractivity contribution in [2.45, 2.75) is 63.8 Å². The molecule has 0 spiro atoms. The lowest BCUT2D eigenvalue weighted by molar-refractivity contribution is -0.188. The van der Waals surface area contributed by atoms with E-state index in [0.717, 1.165) is 19.3 Å². The van der Waals surface area contributed by atoms with E-state index in [4.69, 9.17) is 10.5 Å². The van der Waals surface area contributed by atoms with Gasteiger partial charge in [0, 0.05) is 24.8 Å². The first kappa shape index (κ1) is 15.0. The van der Waals surface area contributed by atoms with Crippen LogP contribution in [0.15, 0.2) is 24.3 Å². The van der Waals surface area contributed by atoms with Crippen molar-refractivity contribution in [2.24, 2.45) is 11.1 Å². The Morgan fingerprint density at radius 3 is 2.43 bits per heavy atom. The Morgan fingerprint density at radius 1 is 1.19 bits per heavy atom. The third-order valence-electron chi connectivity index (χ3n) is 5.61. The highest BCUT2D eigenvalue weighted by molar-refractivity contribution is 5.32. The Bertz CT molecular complexity index is 506. The zero-order valence-electron chi connectivity index (χ0n) is 13.1. The third-order valence-corrected chi connectivity index (χ3v) is 5.61. The molecular weight excluding hydrogens is 262 g/mol. The summed E-state index contributed by atoms with van der Waals surface area (Å²) in [5.74, 6) is 0. The Hall–Kier alpha value is -0.900. The van der Waals surface area contributed by atoms with Crippen LogP contribution in [0.5, 0.6) is 0 Å². The number of aliphatic hydroxyl groups is 1. The maximum Gasteiger partial charge on any atom is 0.0768 e. The second-order valence-corrected chi connectivity index (χ2v) is 7.13. The van der Waals surface area contributed by atoms with Gasteiger partial charge in [0.1, 0.15) is 0 Å². The summed E-state index contributed by atoms with van der Waals surface area (Å²) in [6.45, 7) is 4.65. The predicted molar refractivity (Wildman–Crippen MR) is 84.1 cm³/mol. The Kier molecular flexibility index (Phi) is 3.85. The third kappa shape index (κ3) is 2.52. The van der Waals surface area contributed by atoms with Gasteiger partial charge in [-0.15, -0.1) is 0 Å². The van der Waals surface area contributed by atoms with Crippen LogP contribution in [-0.4, -0.2) is 29.5 Å². The zero-order valence-corrected chi connectivity index (χ0v) is 13.1. The maximum atomic E-state index is 11.5. The van der Waals surface area contributed by atoms with Gasteiger partial charge in [-0.2, -0.15) is 0 Å². The summed E-state index contributed by atoms with van der Waals surface area (Å²) in [7, 11) is 0. The quantitative estimate of drug-likeness (QED) is 0.879. The molecule has 21 heavy (non-hydrogen) atoms. The first-order valence-corrected chi connectivity index (χ1v) is 8.13. The fraction of sp³-hybridized carbons (Fsp3) is 0.667. The minimum absolute atomic E-state index is 0.0966. The van der Waals surface area contributed by atoms with E-state index in [-0.39, 0.29) is 17.6 Å². The van der Waals surface area contributed by atoms with Crippen LogP contribution >= 0.6 is 0 Å². The molecule has 0 radical (unpaired) electrons. The van der Waals surface area contributed by atoms with Gasteiger partial charge in [-0.1, -0.05) is 24.3 Å². The molecule has 3 nitrogen and oxygen atoms in total. The van der Waals surface area contributed by atoms with Crippen LogP contribution in [0.1, 0.15) is 44.2 Å². The summed E-state index contributed by atoms with van der Waals surface area (Å²) in [5, 5.41) is 11.5. The van der Waals surface area contributed by atoms with Gasteiger partial charge in [-0.3, -0.25) is 0 Å². The van der Waals surface area contributed by atoms with Crippen LogP contribution in [-0.2, 0) is 17.6 Å². The fourth-order valence-corrected chi connectivity index (χ4v) is 4.52. The van der Waals surface area contributed by atoms with Gasteiger partial charge in [-0.25, -0.2) is 0 Å². The summed E-state index contributed by atoms with van der Waals surface area (Å²) < 4.78 is 5.83. The number of aryl methyl sites for hydroxylation is 1. The van der Waals surface area contributed by atoms with E-state index >= 15 is 0 Å². The molecule has 3 unspecified atom stereocenters. The number of nitrogens with two attached hydrogens (primary N) is 1. The Balaban J connectivity index is 1.94. The molecule has 1 aliphatic carbocycles. The minimum Gasteiger partial charge on any atom is -0.389 e. The fourth-order valence-electron chi connectivity index (χ4n) is 4.52. The Morgan fingerprint density at radius 2 is 1.81 bits per heavy atom. The van der Waals surface area contributed by atoms with E-state index in [1.54, 1.807) is 0 Å². The highest BCUT2D eigenvalue weighted by atomic mass is 16.5. The largest absolute Gasteiger partial charge is 0.389 e. The SMILES string of the molecule is CC1CC(O)(C2(CN)CCc3ccccc3C2)CC(C)O1. The van der Waals surface area contributed by atoms with Crippen molar-refractivity contribution in [2.75, 3.05) is 6.54 Å². The smallest absolute Gasteiger partial charge is 0.0768 e. The van der Waals surface area contributed by atoms with Gasteiger partial charge in [0.15, 0.2) is 0 Å². The lowest BCUT2D eigenvalue weighted by Gasteiger charge is -2.53. The molecule has 0 bridgehead atoms. The molecule has 1 fully saturated rings. The van der Waals surface area contributed by atoms with Crippen LogP contribution in [0.25, 0.3) is 0 Å². The molecule has 1 heterocycles. The molecule has 3 rings (SSSR count). The number of fused-ring (bicyclic) bond motifs is 1. The maximum absolute atomic E-state index is 11.5. The van der Waals surface area contributed by atoms with E-state index in [1.165, 1.54) is 11.1 Å². The molecule has 1 aliphatic heterocycles. The summed E-state index contributed by atoms with van der Waals surface area (Å²) in [6.07, 6.45) is 4.44. The molecule has 3 heteroatoms. The van der Waals surface area contributed by atoms with E-state index in [1.807, 2.05) is 0 Å². The first-order valence-electron chi connectivity index (χ1n) is 8.13. The Labute approximate surface area is 127 Å². The number of rotatable bonds is 2. The van der Waals surface area contributed by atoms with Gasteiger partial charge in [-0.05, 0) is 44.2 Å². The van der Waals surface area contributed by atoms with Gasteiger partial charge >= 0.3 is 0 Å². The predicted octanol–water partition coefficient (Wildman–Crippen LogP) is 2.44. The van der Waals surface area contributed by atoms with Gasteiger partial charge in [0.05, 0.1) is 17.8 Å². The van der Waals surface area contributed by atoms with Crippen molar-refractivity contribution >= 4 is 0 Å². The van der Waals surface area contributed by atoms with Crippen molar-refractivity contribution in [1.29, 1.82) is 0 Å². The molecule has 1 aromatic rings. The topological polar surface area (TPSA) is 55.5 Å². The molecule has 0 saturated carbocycles. The molecule has 0 aromatic heterocycles. The molecule has 1 saturated heterocycles. The standard InChI is InChI=1S/C18H27NO2/c1-13-9-18(20,10-14(2)21-13)17(12-19)8-7-15-5-3-4-6-16(15)11-17/h3-6,13-14,20H,7-12,19H2,1-2H3. The average molecular weight is 289 g/mol. The lowest BCUT2D eigenvalue weighted by atomic mass is 9.58. The van der Waals surface area contributed by atoms with Crippen LogP contribution in [0.3, 0.4) is 0 Å². The molecule has 3 N–H and O–H groups in total. The average Bonchev–Trinajstić information content (AvgIpc) is 2.45. The molecule has 116 valence electrons. The summed E-state index contributed by atoms with van der Waals surface area (Å²) in [5.41, 5.74) is 8.04. The van der Waals surface area contributed by atoms with Crippen molar-refractivity contribution < 1.29 is 9.84 Å². The van der Waals surface area contributed by atoms with Crippen LogP contribution in [0.2, 0.25) is 0 Å². The van der Waals surface area contributed by atoms with Crippen molar-refractivity contribution in [3.05, 3.63) is 35.4 Å². The summed E-state index contributed by atoms with van der Waals surface area (Å²) >= 11 is 0. The van der Waals surface area contributed by atoms with E-state index in [0.29, 0.717) is 19.4 Å². The van der Waals surface area contributed by atoms with Crippen LogP contribution < -0.4 is 5.73 Å². The van der Waals surface area contributed by atoms with Gasteiger partial charge in [0.25, 0.3) is 0 Å². The van der Waals surface area contributed by atoms with Crippen molar-refractivity contribution in [3.8, 4) is 0 Å².